The molecule has 3 rings (SSSR count). The van der Waals surface area contributed by atoms with Crippen LogP contribution >= 0.6 is 0 Å². The van der Waals surface area contributed by atoms with Crippen LogP contribution in [-0.4, -0.2) is 38.2 Å². The van der Waals surface area contributed by atoms with Gasteiger partial charge < -0.3 is 19.1 Å². The quantitative estimate of drug-likeness (QED) is 0.743. The number of likely N-dealkylation sites (tertiary alicyclic amines) is 1. The van der Waals surface area contributed by atoms with E-state index in [1.54, 1.807) is 14.2 Å². The maximum atomic E-state index is 13.0. The Balaban J connectivity index is 1.77. The van der Waals surface area contributed by atoms with Crippen LogP contribution in [0, 0.1) is 20.8 Å². The van der Waals surface area contributed by atoms with E-state index in [9.17, 15) is 4.79 Å². The van der Waals surface area contributed by atoms with Gasteiger partial charge >= 0.3 is 0 Å². The fraction of sp³-hybridized carbons (Fsp3) is 0.435. The van der Waals surface area contributed by atoms with Crippen LogP contribution in [0.5, 0.6) is 17.2 Å². The van der Waals surface area contributed by atoms with Gasteiger partial charge in [0.15, 0.2) is 6.61 Å². The zero-order chi connectivity index (χ0) is 20.3. The van der Waals surface area contributed by atoms with E-state index < -0.39 is 0 Å². The lowest BCUT2D eigenvalue weighted by atomic mass is 10.0. The van der Waals surface area contributed by atoms with Gasteiger partial charge in [-0.15, -0.1) is 0 Å². The van der Waals surface area contributed by atoms with E-state index in [1.165, 1.54) is 5.56 Å². The minimum Gasteiger partial charge on any atom is -0.497 e. The minimum absolute atomic E-state index is 0.00764. The van der Waals surface area contributed by atoms with Crippen LogP contribution in [0.3, 0.4) is 0 Å². The summed E-state index contributed by atoms with van der Waals surface area (Å²) < 4.78 is 16.8. The van der Waals surface area contributed by atoms with Gasteiger partial charge in [0, 0.05) is 12.1 Å². The van der Waals surface area contributed by atoms with Crippen LogP contribution in [0.15, 0.2) is 30.3 Å². The smallest absolute Gasteiger partial charge is 0.261 e. The first kappa shape index (κ1) is 20.1. The maximum Gasteiger partial charge on any atom is 0.261 e. The van der Waals surface area contributed by atoms with Crippen LogP contribution in [0.25, 0.3) is 0 Å². The zero-order valence-corrected chi connectivity index (χ0v) is 17.4. The van der Waals surface area contributed by atoms with Crippen LogP contribution in [0.1, 0.15) is 41.1 Å². The highest BCUT2D eigenvalue weighted by Gasteiger charge is 2.32. The fourth-order valence-corrected chi connectivity index (χ4v) is 4.10. The van der Waals surface area contributed by atoms with Crippen molar-refractivity contribution in [3.8, 4) is 17.2 Å². The van der Waals surface area contributed by atoms with Gasteiger partial charge in [-0.3, -0.25) is 4.79 Å². The number of aryl methyl sites for hydroxylation is 3. The SMILES string of the molecule is COc1ccc(OC)c([C@@H]2CCCN2C(=O)COc2c(C)cc(C)cc2C)c1. The lowest BCUT2D eigenvalue weighted by Gasteiger charge is -2.27. The molecular weight excluding hydrogens is 354 g/mol. The number of methoxy groups -OCH3 is 2. The number of nitrogens with zero attached hydrogens (tertiary/aromatic N) is 1. The molecule has 1 aliphatic heterocycles. The number of carbonyl (C=O) groups is 1. The first-order valence-electron chi connectivity index (χ1n) is 9.66. The predicted molar refractivity (Wildman–Crippen MR) is 109 cm³/mol. The zero-order valence-electron chi connectivity index (χ0n) is 17.4. The van der Waals surface area contributed by atoms with Crippen molar-refractivity contribution >= 4 is 5.91 Å². The maximum absolute atomic E-state index is 13.0. The van der Waals surface area contributed by atoms with Crippen LogP contribution in [-0.2, 0) is 4.79 Å². The van der Waals surface area contributed by atoms with Crippen molar-refractivity contribution in [2.75, 3.05) is 27.4 Å². The third kappa shape index (κ3) is 4.08. The normalized spacial score (nSPS) is 16.2. The van der Waals surface area contributed by atoms with Gasteiger partial charge in [-0.2, -0.15) is 0 Å². The van der Waals surface area contributed by atoms with Crippen LogP contribution in [0.2, 0.25) is 0 Å². The number of hydrogen-bond donors (Lipinski definition) is 0. The number of carbonyl (C=O) groups excluding carboxylic acids is 1. The van der Waals surface area contributed by atoms with E-state index in [0.717, 1.165) is 53.3 Å². The summed E-state index contributed by atoms with van der Waals surface area (Å²) in [6, 6.07) is 9.85. The third-order valence-electron chi connectivity index (χ3n) is 5.31. The lowest BCUT2D eigenvalue weighted by molar-refractivity contribution is -0.134. The third-order valence-corrected chi connectivity index (χ3v) is 5.31. The van der Waals surface area contributed by atoms with Gasteiger partial charge in [0.25, 0.3) is 5.91 Å². The second-order valence-electron chi connectivity index (χ2n) is 7.37. The van der Waals surface area contributed by atoms with E-state index in [0.29, 0.717) is 0 Å². The summed E-state index contributed by atoms with van der Waals surface area (Å²) >= 11 is 0. The molecule has 0 bridgehead atoms. The molecule has 28 heavy (non-hydrogen) atoms. The van der Waals surface area contributed by atoms with Gasteiger partial charge in [0.2, 0.25) is 0 Å². The summed E-state index contributed by atoms with van der Waals surface area (Å²) in [5, 5.41) is 0. The first-order chi connectivity index (χ1) is 13.4. The van der Waals surface area contributed by atoms with E-state index in [2.05, 4.69) is 19.1 Å². The summed E-state index contributed by atoms with van der Waals surface area (Å²) in [6.45, 7) is 6.84. The summed E-state index contributed by atoms with van der Waals surface area (Å²) in [5.74, 6) is 2.33. The molecule has 1 amide bonds. The van der Waals surface area contributed by atoms with Crippen LogP contribution < -0.4 is 14.2 Å². The molecule has 150 valence electrons. The Hall–Kier alpha value is -2.69. The molecule has 0 spiro atoms. The predicted octanol–water partition coefficient (Wildman–Crippen LogP) is 4.37. The number of benzene rings is 2. The van der Waals surface area contributed by atoms with E-state index in [4.69, 9.17) is 14.2 Å². The monoisotopic (exact) mass is 383 g/mol. The molecule has 2 aromatic rings. The average molecular weight is 383 g/mol. The minimum atomic E-state index is -0.0265. The van der Waals surface area contributed by atoms with Crippen molar-refractivity contribution in [2.24, 2.45) is 0 Å². The highest BCUT2D eigenvalue weighted by molar-refractivity contribution is 5.79. The van der Waals surface area contributed by atoms with Gasteiger partial charge in [0.05, 0.1) is 20.3 Å². The molecule has 1 saturated heterocycles. The Morgan fingerprint density at radius 2 is 1.79 bits per heavy atom. The number of rotatable bonds is 6. The van der Waals surface area contributed by atoms with Crippen molar-refractivity contribution < 1.29 is 19.0 Å². The molecule has 2 aromatic carbocycles. The summed E-state index contributed by atoms with van der Waals surface area (Å²) in [4.78, 5) is 14.9. The average Bonchev–Trinajstić information content (AvgIpc) is 3.16. The molecule has 1 fully saturated rings. The highest BCUT2D eigenvalue weighted by atomic mass is 16.5. The molecule has 1 atom stereocenters. The molecule has 5 nitrogen and oxygen atoms in total. The van der Waals surface area contributed by atoms with E-state index in [-0.39, 0.29) is 18.6 Å². The van der Waals surface area contributed by atoms with Crippen LogP contribution in [0.4, 0.5) is 0 Å². The van der Waals surface area contributed by atoms with Crippen molar-refractivity contribution in [3.05, 3.63) is 52.6 Å². The Labute approximate surface area is 167 Å². The molecule has 0 saturated carbocycles. The molecule has 1 aliphatic rings. The molecule has 0 radical (unpaired) electrons. The van der Waals surface area contributed by atoms with Crippen molar-refractivity contribution in [1.29, 1.82) is 0 Å². The second kappa shape index (κ2) is 8.55. The number of hydrogen-bond acceptors (Lipinski definition) is 4. The summed E-state index contributed by atoms with van der Waals surface area (Å²) in [7, 11) is 3.29. The Morgan fingerprint density at radius 3 is 2.43 bits per heavy atom. The fourth-order valence-electron chi connectivity index (χ4n) is 4.10. The van der Waals surface area contributed by atoms with Gasteiger partial charge in [0.1, 0.15) is 17.2 Å². The lowest BCUT2D eigenvalue weighted by Crippen LogP contribution is -2.34. The largest absolute Gasteiger partial charge is 0.497 e. The van der Waals surface area contributed by atoms with E-state index in [1.807, 2.05) is 36.9 Å². The standard InChI is InChI=1S/C23H29NO4/c1-15-11-16(2)23(17(3)12-15)28-14-22(25)24-10-6-7-20(24)19-13-18(26-4)8-9-21(19)27-5/h8-9,11-13,20H,6-7,10,14H2,1-5H3/t20-/m0/s1. The first-order valence-corrected chi connectivity index (χ1v) is 9.66. The van der Waals surface area contributed by atoms with Gasteiger partial charge in [-0.25, -0.2) is 0 Å². The summed E-state index contributed by atoms with van der Waals surface area (Å²) in [5.41, 5.74) is 4.28. The molecule has 0 aromatic heterocycles. The molecule has 0 N–H and O–H groups in total. The summed E-state index contributed by atoms with van der Waals surface area (Å²) in [6.07, 6.45) is 1.86. The Kier molecular flexibility index (Phi) is 6.12. The van der Waals surface area contributed by atoms with Crippen molar-refractivity contribution in [1.82, 2.24) is 4.90 Å². The molecule has 0 unspecified atom stereocenters. The second-order valence-corrected chi connectivity index (χ2v) is 7.37. The molecule has 5 heteroatoms. The highest BCUT2D eigenvalue weighted by Crippen LogP contribution is 2.39. The topological polar surface area (TPSA) is 48.0 Å². The van der Waals surface area contributed by atoms with Gasteiger partial charge in [-0.1, -0.05) is 17.7 Å². The molecule has 0 aliphatic carbocycles. The molecular formula is C23H29NO4. The Bertz CT molecular complexity index is 839. The van der Waals surface area contributed by atoms with Crippen molar-refractivity contribution in [2.45, 2.75) is 39.7 Å². The number of ether oxygens (including phenoxy) is 3. The van der Waals surface area contributed by atoms with E-state index >= 15 is 0 Å². The Morgan fingerprint density at radius 1 is 1.07 bits per heavy atom. The number of amides is 1. The van der Waals surface area contributed by atoms with Gasteiger partial charge in [-0.05, 0) is 62.9 Å². The molecule has 1 heterocycles. The van der Waals surface area contributed by atoms with Crippen molar-refractivity contribution in [3.63, 3.8) is 0 Å².